The zero-order valence-electron chi connectivity index (χ0n) is 41.9. The number of primary amides is 2. The fourth-order valence-corrected chi connectivity index (χ4v) is 7.66. The predicted molar refractivity (Wildman–Crippen MR) is 262 cm³/mol. The average molecular weight is 978 g/mol. The summed E-state index contributed by atoms with van der Waals surface area (Å²) in [4.78, 5) is 130. The molecule has 22 nitrogen and oxygen atoms in total. The second-order valence-electron chi connectivity index (χ2n) is 19.6. The lowest BCUT2D eigenvalue weighted by Crippen LogP contribution is -2.59. The van der Waals surface area contributed by atoms with Crippen LogP contribution in [0, 0.1) is 17.3 Å². The summed E-state index contributed by atoms with van der Waals surface area (Å²) in [6, 6.07) is 0.162. The Morgan fingerprint density at radius 1 is 0.743 bits per heavy atom. The number of para-hydroxylation sites is 1. The molecule has 0 saturated carbocycles. The molecule has 0 saturated heterocycles. The molecule has 2 heterocycles. The van der Waals surface area contributed by atoms with Gasteiger partial charge < -0.3 is 64.0 Å². The quantitative estimate of drug-likeness (QED) is 0.0462. The maximum absolute atomic E-state index is 14.0. The van der Waals surface area contributed by atoms with Crippen molar-refractivity contribution < 1.29 is 43.2 Å². The number of rotatable bonds is 28. The highest BCUT2D eigenvalue weighted by Gasteiger charge is 2.34. The zero-order valence-corrected chi connectivity index (χ0v) is 41.9. The first-order chi connectivity index (χ1) is 32.8. The molecule has 0 bridgehead atoms. The van der Waals surface area contributed by atoms with E-state index in [1.54, 1.807) is 20.0 Å². The smallest absolute Gasteiger partial charge is 0.245 e. The van der Waals surface area contributed by atoms with Gasteiger partial charge in [0.15, 0.2) is 0 Å². The second kappa shape index (κ2) is 26.8. The second-order valence-corrected chi connectivity index (χ2v) is 19.6. The van der Waals surface area contributed by atoms with Gasteiger partial charge in [-0.2, -0.15) is 0 Å². The highest BCUT2D eigenvalue weighted by Crippen LogP contribution is 2.22. The third-order valence-electron chi connectivity index (χ3n) is 12.0. The third kappa shape index (κ3) is 18.6. The van der Waals surface area contributed by atoms with Crippen LogP contribution in [-0.2, 0) is 56.0 Å². The van der Waals surface area contributed by atoms with Crippen LogP contribution in [0.2, 0.25) is 0 Å². The Morgan fingerprint density at radius 2 is 1.39 bits per heavy atom. The molecule has 3 aromatic rings. The Hall–Kier alpha value is -6.84. The van der Waals surface area contributed by atoms with Crippen molar-refractivity contribution in [3.8, 4) is 0 Å². The summed E-state index contributed by atoms with van der Waals surface area (Å²) in [5.41, 5.74) is 18.6. The molecule has 9 amide bonds. The molecule has 0 fully saturated rings. The Morgan fingerprint density at radius 3 is 1.99 bits per heavy atom. The van der Waals surface area contributed by atoms with Gasteiger partial charge in [-0.25, -0.2) is 4.98 Å². The number of likely N-dealkylation sites (N-methyl/N-ethyl adjacent to an activating group) is 1. The Balaban J connectivity index is 1.70. The maximum Gasteiger partial charge on any atom is 0.245 e. The molecular formula is C48H75N13O9. The standard InChI is InChI=1S/C48H75N13O9/c1-10-27(4)33(16-18-39(63)57-37(42(51)65)21-48(6,7)8)58-46(69)36(20-30-23-52-25-54-30)56-40(64)24-61(9)47(70)41(26(2)3)60-43(66)28(5)55-45(68)35(59-44(67)32(49)15-17-38(50)62)19-29-22-53-34-14-12-11-13-31(29)34/h11-14,22-23,25-28,32-33,35-37,41,53H,10,15-21,24,49H2,1-9H3,(H2,50,62)(H2,51,65)(H,52,54)(H,55,68)(H,56,64)(H,57,63)(H,58,69)(H,59,67)(H,60,66)/t27?,28-,32-,33+,35-,36-,37-,41-/m0/s1. The van der Waals surface area contributed by atoms with Gasteiger partial charge in [0.05, 0.1) is 18.9 Å². The first-order valence-corrected chi connectivity index (χ1v) is 23.7. The van der Waals surface area contributed by atoms with E-state index in [2.05, 4.69) is 46.9 Å². The summed E-state index contributed by atoms with van der Waals surface area (Å²) < 4.78 is 0. The van der Waals surface area contributed by atoms with Gasteiger partial charge in [-0.1, -0.05) is 73.1 Å². The normalized spacial score (nSPS) is 15.0. The van der Waals surface area contributed by atoms with Gasteiger partial charge in [-0.3, -0.25) is 43.2 Å². The molecule has 1 unspecified atom stereocenters. The van der Waals surface area contributed by atoms with Crippen LogP contribution >= 0.6 is 0 Å². The summed E-state index contributed by atoms with van der Waals surface area (Å²) >= 11 is 0. The van der Waals surface area contributed by atoms with E-state index in [4.69, 9.17) is 17.2 Å². The lowest BCUT2D eigenvalue weighted by Gasteiger charge is -2.29. The molecular weight excluding hydrogens is 903 g/mol. The minimum Gasteiger partial charge on any atom is -0.370 e. The van der Waals surface area contributed by atoms with Crippen LogP contribution < -0.4 is 49.1 Å². The first kappa shape index (κ1) is 57.5. The lowest BCUT2D eigenvalue weighted by atomic mass is 9.87. The molecule has 8 atom stereocenters. The van der Waals surface area contributed by atoms with Crippen molar-refractivity contribution in [1.29, 1.82) is 0 Å². The predicted octanol–water partition coefficient (Wildman–Crippen LogP) is 0.0599. The number of nitrogens with one attached hydrogen (secondary N) is 8. The number of carbonyl (C=O) groups is 9. The molecule has 386 valence electrons. The molecule has 3 rings (SSSR count). The molecule has 0 aliphatic rings. The fourth-order valence-electron chi connectivity index (χ4n) is 7.66. The van der Waals surface area contributed by atoms with Crippen molar-refractivity contribution in [2.45, 2.75) is 149 Å². The molecule has 0 spiro atoms. The number of imidazole rings is 1. The average Bonchev–Trinajstić information content (AvgIpc) is 3.96. The van der Waals surface area contributed by atoms with E-state index in [1.165, 1.54) is 26.5 Å². The van der Waals surface area contributed by atoms with Gasteiger partial charge in [0, 0.05) is 67.8 Å². The van der Waals surface area contributed by atoms with E-state index in [1.807, 2.05) is 58.9 Å². The van der Waals surface area contributed by atoms with Crippen LogP contribution in [0.1, 0.15) is 105 Å². The lowest BCUT2D eigenvalue weighted by molar-refractivity contribution is -0.140. The van der Waals surface area contributed by atoms with Gasteiger partial charge >= 0.3 is 0 Å². The van der Waals surface area contributed by atoms with Crippen molar-refractivity contribution in [2.75, 3.05) is 13.6 Å². The van der Waals surface area contributed by atoms with E-state index >= 15 is 0 Å². The van der Waals surface area contributed by atoms with E-state index in [0.717, 1.165) is 15.8 Å². The summed E-state index contributed by atoms with van der Waals surface area (Å²) in [7, 11) is 1.37. The van der Waals surface area contributed by atoms with Crippen molar-refractivity contribution in [1.82, 2.24) is 51.8 Å². The first-order valence-electron chi connectivity index (χ1n) is 23.7. The summed E-state index contributed by atoms with van der Waals surface area (Å²) in [5.74, 6) is -6.24. The minimum absolute atomic E-state index is 0.00703. The molecule has 1 aromatic carbocycles. The van der Waals surface area contributed by atoms with Crippen molar-refractivity contribution in [3.05, 3.63) is 54.2 Å². The van der Waals surface area contributed by atoms with Gasteiger partial charge in [-0.15, -0.1) is 0 Å². The van der Waals surface area contributed by atoms with Crippen molar-refractivity contribution in [2.24, 2.45) is 34.5 Å². The highest BCUT2D eigenvalue weighted by atomic mass is 16.2. The molecule has 0 aliphatic heterocycles. The molecule has 0 radical (unpaired) electrons. The number of nitrogens with zero attached hydrogens (tertiary/aromatic N) is 2. The molecule has 2 aromatic heterocycles. The molecule has 0 aliphatic carbocycles. The Kier molecular flexibility index (Phi) is 22.0. The number of nitrogens with two attached hydrogens (primary N) is 3. The van der Waals surface area contributed by atoms with Crippen LogP contribution in [0.3, 0.4) is 0 Å². The maximum atomic E-state index is 14.0. The molecule has 14 N–H and O–H groups in total. The van der Waals surface area contributed by atoms with Gasteiger partial charge in [0.2, 0.25) is 53.2 Å². The van der Waals surface area contributed by atoms with Crippen LogP contribution in [0.25, 0.3) is 10.9 Å². The number of aromatic amines is 2. The van der Waals surface area contributed by atoms with Crippen molar-refractivity contribution in [3.63, 3.8) is 0 Å². The van der Waals surface area contributed by atoms with Crippen LogP contribution in [0.15, 0.2) is 43.0 Å². The van der Waals surface area contributed by atoms with E-state index in [-0.39, 0.29) is 49.9 Å². The van der Waals surface area contributed by atoms with Crippen molar-refractivity contribution >= 4 is 64.1 Å². The Labute approximate surface area is 409 Å². The molecule has 22 heteroatoms. The van der Waals surface area contributed by atoms with Gasteiger partial charge in [0.1, 0.15) is 30.2 Å². The van der Waals surface area contributed by atoms with Crippen LogP contribution in [-0.4, -0.2) is 129 Å². The molecule has 70 heavy (non-hydrogen) atoms. The monoisotopic (exact) mass is 978 g/mol. The number of fused-ring (bicyclic) bond motifs is 1. The zero-order chi connectivity index (χ0) is 52.5. The number of hydrogen-bond donors (Lipinski definition) is 11. The van der Waals surface area contributed by atoms with E-state index in [9.17, 15) is 43.2 Å². The number of amides is 9. The number of hydrogen-bond acceptors (Lipinski definition) is 11. The largest absolute Gasteiger partial charge is 0.370 e. The number of benzene rings is 1. The fraction of sp³-hybridized carbons (Fsp3) is 0.583. The number of aromatic nitrogens is 3. The summed E-state index contributed by atoms with van der Waals surface area (Å²) in [5, 5.41) is 17.2. The van der Waals surface area contributed by atoms with Gasteiger partial charge in [-0.05, 0) is 55.1 Å². The third-order valence-corrected chi connectivity index (χ3v) is 12.0. The summed E-state index contributed by atoms with van der Waals surface area (Å²) in [6.45, 7) is 14.0. The Bertz CT molecular complexity index is 2270. The van der Waals surface area contributed by atoms with E-state index in [0.29, 0.717) is 24.1 Å². The van der Waals surface area contributed by atoms with E-state index < -0.39 is 108 Å². The van der Waals surface area contributed by atoms with Crippen LogP contribution in [0.4, 0.5) is 0 Å². The number of carbonyl (C=O) groups excluding carboxylic acids is 9. The topological polar surface area (TPSA) is 352 Å². The summed E-state index contributed by atoms with van der Waals surface area (Å²) in [6.07, 6.45) is 5.71. The minimum atomic E-state index is -1.21. The highest BCUT2D eigenvalue weighted by molar-refractivity contribution is 5.96. The SMILES string of the molecule is CCC(C)[C@@H](CCC(=O)N[C@@H](CC(C)(C)C)C(N)=O)NC(=O)[C@H](Cc1cnc[nH]1)NC(=O)CN(C)C(=O)[C@@H](NC(=O)[C@H](C)NC(=O)[C@H](Cc1c[nH]c2ccccc12)NC(=O)[C@@H](N)CCC(N)=O)C(C)C. The van der Waals surface area contributed by atoms with Gasteiger partial charge in [0.25, 0.3) is 0 Å². The number of H-pyrrole nitrogens is 2. The van der Waals surface area contributed by atoms with Crippen LogP contribution in [0.5, 0.6) is 0 Å².